The first kappa shape index (κ1) is 16.0. The number of hydrogen-bond acceptors (Lipinski definition) is 2. The molecule has 0 radical (unpaired) electrons. The maximum atomic E-state index is 5.96. The topological polar surface area (TPSA) is 21.3 Å². The Hall–Kier alpha value is -1.02. The minimum atomic E-state index is 0.516. The number of benzene rings is 1. The van der Waals surface area contributed by atoms with Crippen LogP contribution in [0.25, 0.3) is 0 Å². The summed E-state index contributed by atoms with van der Waals surface area (Å²) in [6.45, 7) is 11.8. The first-order chi connectivity index (χ1) is 9.15. The third kappa shape index (κ3) is 6.11. The first-order valence-electron chi connectivity index (χ1n) is 7.59. The molecule has 2 heteroatoms. The maximum absolute atomic E-state index is 5.96. The minimum Gasteiger partial charge on any atom is -0.493 e. The van der Waals surface area contributed by atoms with Gasteiger partial charge in [-0.25, -0.2) is 0 Å². The van der Waals surface area contributed by atoms with Gasteiger partial charge < -0.3 is 10.1 Å². The molecule has 0 amide bonds. The van der Waals surface area contributed by atoms with Gasteiger partial charge >= 0.3 is 0 Å². The van der Waals surface area contributed by atoms with Crippen LogP contribution in [-0.2, 0) is 0 Å². The van der Waals surface area contributed by atoms with Crippen LogP contribution in [0, 0.1) is 6.92 Å². The fraction of sp³-hybridized carbons (Fsp3) is 0.647. The lowest BCUT2D eigenvalue weighted by Crippen LogP contribution is -2.16. The van der Waals surface area contributed by atoms with Crippen LogP contribution in [0.3, 0.4) is 0 Å². The molecule has 1 N–H and O–H groups in total. The van der Waals surface area contributed by atoms with E-state index in [0.29, 0.717) is 5.92 Å². The summed E-state index contributed by atoms with van der Waals surface area (Å²) in [5, 5.41) is 3.42. The highest BCUT2D eigenvalue weighted by Crippen LogP contribution is 2.27. The summed E-state index contributed by atoms with van der Waals surface area (Å²) in [5.74, 6) is 1.58. The lowest BCUT2D eigenvalue weighted by atomic mass is 10.0. The van der Waals surface area contributed by atoms with Crippen molar-refractivity contribution in [2.45, 2.75) is 52.9 Å². The largest absolute Gasteiger partial charge is 0.493 e. The SMILES string of the molecule is CCCNCCCCOc1cc(C)ccc1C(C)C. The fourth-order valence-electron chi connectivity index (χ4n) is 2.08. The van der Waals surface area contributed by atoms with Crippen molar-refractivity contribution in [1.82, 2.24) is 5.32 Å². The Balaban J connectivity index is 2.34. The van der Waals surface area contributed by atoms with Gasteiger partial charge in [-0.15, -0.1) is 0 Å². The summed E-state index contributed by atoms with van der Waals surface area (Å²) >= 11 is 0. The highest BCUT2D eigenvalue weighted by atomic mass is 16.5. The number of aryl methyl sites for hydroxylation is 1. The van der Waals surface area contributed by atoms with Gasteiger partial charge in [-0.3, -0.25) is 0 Å². The second-order valence-corrected chi connectivity index (χ2v) is 5.50. The molecule has 0 unspecified atom stereocenters. The smallest absolute Gasteiger partial charge is 0.122 e. The molecule has 2 nitrogen and oxygen atoms in total. The van der Waals surface area contributed by atoms with Gasteiger partial charge in [-0.1, -0.05) is 32.9 Å². The predicted octanol–water partition coefficient (Wildman–Crippen LogP) is 4.28. The standard InChI is InChI=1S/C17H29NO/c1-5-10-18-11-6-7-12-19-17-13-15(4)8-9-16(17)14(2)3/h8-9,13-14,18H,5-7,10-12H2,1-4H3. The Bertz CT molecular complexity index is 360. The van der Waals surface area contributed by atoms with E-state index >= 15 is 0 Å². The molecular weight excluding hydrogens is 234 g/mol. The second-order valence-electron chi connectivity index (χ2n) is 5.50. The number of hydrogen-bond donors (Lipinski definition) is 1. The van der Waals surface area contributed by atoms with Gasteiger partial charge in [0.05, 0.1) is 6.61 Å². The molecule has 0 aliphatic carbocycles. The van der Waals surface area contributed by atoms with Crippen LogP contribution in [0.15, 0.2) is 18.2 Å². The van der Waals surface area contributed by atoms with Crippen molar-refractivity contribution in [3.8, 4) is 5.75 Å². The van der Waals surface area contributed by atoms with Crippen LogP contribution in [0.5, 0.6) is 5.75 Å². The fourth-order valence-corrected chi connectivity index (χ4v) is 2.08. The maximum Gasteiger partial charge on any atom is 0.122 e. The zero-order chi connectivity index (χ0) is 14.1. The molecule has 0 aliphatic rings. The Morgan fingerprint density at radius 3 is 2.63 bits per heavy atom. The minimum absolute atomic E-state index is 0.516. The van der Waals surface area contributed by atoms with E-state index in [1.54, 1.807) is 0 Å². The van der Waals surface area contributed by atoms with Crippen LogP contribution in [0.2, 0.25) is 0 Å². The van der Waals surface area contributed by atoms with Gasteiger partial charge in [0, 0.05) is 0 Å². The number of unbranched alkanes of at least 4 members (excludes halogenated alkanes) is 1. The molecule has 0 bridgehead atoms. The normalized spacial score (nSPS) is 11.0. The zero-order valence-electron chi connectivity index (χ0n) is 13.0. The molecule has 0 spiro atoms. The quantitative estimate of drug-likeness (QED) is 0.672. The molecule has 0 atom stereocenters. The van der Waals surface area contributed by atoms with E-state index in [1.165, 1.54) is 24.0 Å². The molecule has 108 valence electrons. The van der Waals surface area contributed by atoms with Gasteiger partial charge in [0.2, 0.25) is 0 Å². The van der Waals surface area contributed by atoms with Gasteiger partial charge in [0.25, 0.3) is 0 Å². The van der Waals surface area contributed by atoms with Crippen molar-refractivity contribution < 1.29 is 4.74 Å². The summed E-state index contributed by atoms with van der Waals surface area (Å²) in [6.07, 6.45) is 3.50. The molecule has 19 heavy (non-hydrogen) atoms. The lowest BCUT2D eigenvalue weighted by molar-refractivity contribution is 0.301. The average Bonchev–Trinajstić information content (AvgIpc) is 2.37. The molecule has 1 rings (SSSR count). The van der Waals surface area contributed by atoms with Crippen molar-refractivity contribution in [3.05, 3.63) is 29.3 Å². The summed E-state index contributed by atoms with van der Waals surface area (Å²) < 4.78 is 5.96. The molecule has 0 heterocycles. The van der Waals surface area contributed by atoms with E-state index in [4.69, 9.17) is 4.74 Å². The number of nitrogens with one attached hydrogen (secondary N) is 1. The molecule has 0 fully saturated rings. The van der Waals surface area contributed by atoms with Crippen molar-refractivity contribution >= 4 is 0 Å². The van der Waals surface area contributed by atoms with E-state index in [9.17, 15) is 0 Å². The van der Waals surface area contributed by atoms with Crippen LogP contribution < -0.4 is 10.1 Å². The van der Waals surface area contributed by atoms with Crippen LogP contribution in [0.1, 0.15) is 57.1 Å². The third-order valence-electron chi connectivity index (χ3n) is 3.22. The number of rotatable bonds is 9. The van der Waals surface area contributed by atoms with Gasteiger partial charge in [-0.2, -0.15) is 0 Å². The van der Waals surface area contributed by atoms with Gasteiger partial charge in [0.1, 0.15) is 5.75 Å². The van der Waals surface area contributed by atoms with E-state index in [-0.39, 0.29) is 0 Å². The van der Waals surface area contributed by atoms with Crippen LogP contribution in [0.4, 0.5) is 0 Å². The van der Waals surface area contributed by atoms with E-state index < -0.39 is 0 Å². The predicted molar refractivity (Wildman–Crippen MR) is 83.2 cm³/mol. The Morgan fingerprint density at radius 1 is 1.16 bits per heavy atom. The molecule has 1 aromatic carbocycles. The zero-order valence-corrected chi connectivity index (χ0v) is 13.0. The summed E-state index contributed by atoms with van der Waals surface area (Å²) in [5.41, 5.74) is 2.58. The molecule has 0 aliphatic heterocycles. The molecule has 0 saturated heterocycles. The Morgan fingerprint density at radius 2 is 1.95 bits per heavy atom. The summed E-state index contributed by atoms with van der Waals surface area (Å²) in [4.78, 5) is 0. The molecule has 0 aromatic heterocycles. The number of ether oxygens (including phenoxy) is 1. The average molecular weight is 263 g/mol. The lowest BCUT2D eigenvalue weighted by Gasteiger charge is -2.15. The van der Waals surface area contributed by atoms with Crippen molar-refractivity contribution in [1.29, 1.82) is 0 Å². The van der Waals surface area contributed by atoms with E-state index in [2.05, 4.69) is 51.2 Å². The second kappa shape index (κ2) is 8.98. The molecule has 0 saturated carbocycles. The van der Waals surface area contributed by atoms with E-state index in [0.717, 1.165) is 31.9 Å². The Labute approximate surface area is 118 Å². The van der Waals surface area contributed by atoms with E-state index in [1.807, 2.05) is 0 Å². The summed E-state index contributed by atoms with van der Waals surface area (Å²) in [6, 6.07) is 6.51. The molecular formula is C17H29NO. The van der Waals surface area contributed by atoms with Crippen molar-refractivity contribution in [3.63, 3.8) is 0 Å². The van der Waals surface area contributed by atoms with Crippen molar-refractivity contribution in [2.24, 2.45) is 0 Å². The third-order valence-corrected chi connectivity index (χ3v) is 3.22. The Kier molecular flexibility index (Phi) is 7.57. The van der Waals surface area contributed by atoms with Gasteiger partial charge in [0.15, 0.2) is 0 Å². The van der Waals surface area contributed by atoms with Crippen LogP contribution >= 0.6 is 0 Å². The van der Waals surface area contributed by atoms with Crippen LogP contribution in [-0.4, -0.2) is 19.7 Å². The summed E-state index contributed by atoms with van der Waals surface area (Å²) in [7, 11) is 0. The highest BCUT2D eigenvalue weighted by Gasteiger charge is 2.07. The highest BCUT2D eigenvalue weighted by molar-refractivity contribution is 5.39. The monoisotopic (exact) mass is 263 g/mol. The van der Waals surface area contributed by atoms with Gasteiger partial charge in [-0.05, 0) is 62.4 Å². The molecule has 1 aromatic rings. The first-order valence-corrected chi connectivity index (χ1v) is 7.59. The van der Waals surface area contributed by atoms with Crippen molar-refractivity contribution in [2.75, 3.05) is 19.7 Å².